The quantitative estimate of drug-likeness (QED) is 0.0337. The number of pyridine rings is 1. The molecule has 2 aromatic heterocycles. The first-order valence-corrected chi connectivity index (χ1v) is 17.1. The minimum Gasteiger partial charge on any atom is -0.475 e. The maximum Gasteiger partial charge on any atom is 0.237 e. The largest absolute Gasteiger partial charge is 0.475 e. The fourth-order valence-corrected chi connectivity index (χ4v) is 5.77. The highest BCUT2D eigenvalue weighted by Gasteiger charge is 2.21. The van der Waals surface area contributed by atoms with Crippen LogP contribution < -0.4 is 15.9 Å². The van der Waals surface area contributed by atoms with Crippen molar-refractivity contribution >= 4 is 46.0 Å². The summed E-state index contributed by atoms with van der Waals surface area (Å²) in [4.78, 5) is 38.6. The molecule has 2 aromatic carbocycles. The number of methoxy groups -OCH3 is 2. The van der Waals surface area contributed by atoms with E-state index in [2.05, 4.69) is 50.3 Å². The zero-order valence-electron chi connectivity index (χ0n) is 30.0. The number of carbonyl (C=O) groups is 2. The summed E-state index contributed by atoms with van der Waals surface area (Å²) in [6.07, 6.45) is 6.93. The van der Waals surface area contributed by atoms with Gasteiger partial charge in [-0.15, -0.1) is 0 Å². The first-order chi connectivity index (χ1) is 25.2. The van der Waals surface area contributed by atoms with Gasteiger partial charge in [-0.3, -0.25) is 19.6 Å². The second-order valence-electron chi connectivity index (χ2n) is 12.4. The van der Waals surface area contributed by atoms with Crippen LogP contribution in [0.3, 0.4) is 0 Å². The molecular formula is C38H47N9O5. The zero-order chi connectivity index (χ0) is 36.9. The van der Waals surface area contributed by atoms with E-state index in [0.29, 0.717) is 63.3 Å². The summed E-state index contributed by atoms with van der Waals surface area (Å²) in [5, 5.41) is 12.7. The average Bonchev–Trinajstić information content (AvgIpc) is 3.57. The lowest BCUT2D eigenvalue weighted by Crippen LogP contribution is -2.43. The molecule has 0 saturated heterocycles. The van der Waals surface area contributed by atoms with Crippen molar-refractivity contribution in [1.82, 2.24) is 30.0 Å². The van der Waals surface area contributed by atoms with Gasteiger partial charge in [-0.2, -0.15) is 5.10 Å². The van der Waals surface area contributed by atoms with E-state index in [1.54, 1.807) is 33.5 Å². The molecular weight excluding hydrogens is 662 g/mol. The lowest BCUT2D eigenvalue weighted by atomic mass is 9.98. The minimum atomic E-state index is -0.116. The minimum absolute atomic E-state index is 0.0267. The van der Waals surface area contributed by atoms with Crippen molar-refractivity contribution in [2.45, 2.75) is 19.3 Å². The SMILES string of the molecule is C=C(N=CN(C)N)c1ccc(C2=CCN(C(=O)CN(CCCC(=O)Nc3ccc4[nH]nc(-c5ccc(OCCOC)nc5)c4c3)COC)CC2)cc1. The highest BCUT2D eigenvalue weighted by Crippen LogP contribution is 2.29. The average molecular weight is 710 g/mol. The van der Waals surface area contributed by atoms with Crippen LogP contribution in [0.1, 0.15) is 30.4 Å². The Morgan fingerprint density at radius 2 is 1.90 bits per heavy atom. The molecule has 5 rings (SSSR count). The number of hydrogen-bond acceptors (Lipinski definition) is 10. The number of fused-ring (bicyclic) bond motifs is 1. The summed E-state index contributed by atoms with van der Waals surface area (Å²) in [5.74, 6) is 6.00. The number of nitrogens with one attached hydrogen (secondary N) is 2. The summed E-state index contributed by atoms with van der Waals surface area (Å²) in [6, 6.07) is 17.4. The number of nitrogens with zero attached hydrogens (tertiary/aromatic N) is 6. The second kappa shape index (κ2) is 18.7. The van der Waals surface area contributed by atoms with Crippen molar-refractivity contribution in [1.29, 1.82) is 0 Å². The monoisotopic (exact) mass is 709 g/mol. The molecule has 14 heteroatoms. The molecule has 14 nitrogen and oxygen atoms in total. The smallest absolute Gasteiger partial charge is 0.237 e. The number of amides is 2. The number of nitrogens with two attached hydrogens (primary N) is 1. The van der Waals surface area contributed by atoms with Crippen LogP contribution in [-0.4, -0.2) is 116 Å². The van der Waals surface area contributed by atoms with E-state index in [4.69, 9.17) is 20.1 Å². The molecule has 0 atom stereocenters. The van der Waals surface area contributed by atoms with Gasteiger partial charge in [0.25, 0.3) is 0 Å². The number of carbonyl (C=O) groups excluding carboxylic acids is 2. The lowest BCUT2D eigenvalue weighted by Gasteiger charge is -2.29. The van der Waals surface area contributed by atoms with Crippen molar-refractivity contribution in [3.63, 3.8) is 0 Å². The van der Waals surface area contributed by atoms with Gasteiger partial charge in [-0.05, 0) is 53.8 Å². The Labute approximate surface area is 303 Å². The predicted octanol–water partition coefficient (Wildman–Crippen LogP) is 4.40. The van der Waals surface area contributed by atoms with Crippen LogP contribution >= 0.6 is 0 Å². The summed E-state index contributed by atoms with van der Waals surface area (Å²) >= 11 is 0. The molecule has 1 aliphatic rings. The third-order valence-corrected chi connectivity index (χ3v) is 8.49. The maximum absolute atomic E-state index is 13.2. The topological polar surface area (TPSA) is 164 Å². The number of ether oxygens (including phenoxy) is 3. The van der Waals surface area contributed by atoms with Gasteiger partial charge in [0.15, 0.2) is 0 Å². The van der Waals surface area contributed by atoms with Gasteiger partial charge in [0.1, 0.15) is 18.6 Å². The van der Waals surface area contributed by atoms with Crippen LogP contribution in [0, 0.1) is 0 Å². The molecule has 0 aliphatic carbocycles. The highest BCUT2D eigenvalue weighted by molar-refractivity contribution is 5.98. The molecule has 0 spiro atoms. The molecule has 52 heavy (non-hydrogen) atoms. The first-order valence-electron chi connectivity index (χ1n) is 17.1. The third-order valence-electron chi connectivity index (χ3n) is 8.49. The van der Waals surface area contributed by atoms with E-state index in [0.717, 1.165) is 39.7 Å². The van der Waals surface area contributed by atoms with Crippen molar-refractivity contribution in [2.24, 2.45) is 10.8 Å². The molecule has 3 heterocycles. The van der Waals surface area contributed by atoms with Gasteiger partial charge in [-0.1, -0.05) is 36.9 Å². The zero-order valence-corrected chi connectivity index (χ0v) is 30.0. The molecule has 1 aliphatic heterocycles. The molecule has 274 valence electrons. The summed E-state index contributed by atoms with van der Waals surface area (Å²) in [5.41, 5.74) is 6.90. The Morgan fingerprint density at radius 1 is 1.10 bits per heavy atom. The van der Waals surface area contributed by atoms with Crippen LogP contribution in [0.5, 0.6) is 5.88 Å². The Balaban J connectivity index is 1.09. The Hall–Kier alpha value is -5.41. The first kappa shape index (κ1) is 37.8. The van der Waals surface area contributed by atoms with Gasteiger partial charge in [0.05, 0.1) is 31.1 Å². The van der Waals surface area contributed by atoms with Crippen LogP contribution in [0.15, 0.2) is 78.4 Å². The fourth-order valence-electron chi connectivity index (χ4n) is 5.77. The molecule has 0 unspecified atom stereocenters. The summed E-state index contributed by atoms with van der Waals surface area (Å²) in [7, 11) is 4.92. The normalized spacial score (nSPS) is 13.1. The van der Waals surface area contributed by atoms with Gasteiger partial charge in [-0.25, -0.2) is 15.8 Å². The number of hydrazine groups is 1. The fraction of sp³-hybridized carbons (Fsp3) is 0.342. The molecule has 4 N–H and O–H groups in total. The van der Waals surface area contributed by atoms with E-state index in [-0.39, 0.29) is 24.8 Å². The van der Waals surface area contributed by atoms with E-state index in [1.807, 2.05) is 46.2 Å². The lowest BCUT2D eigenvalue weighted by molar-refractivity contribution is -0.133. The van der Waals surface area contributed by atoms with Crippen molar-refractivity contribution in [3.05, 3.63) is 84.6 Å². The van der Waals surface area contributed by atoms with Crippen molar-refractivity contribution in [2.75, 3.05) is 72.7 Å². The van der Waals surface area contributed by atoms with Crippen LogP contribution in [0.2, 0.25) is 0 Å². The van der Waals surface area contributed by atoms with Crippen molar-refractivity contribution in [3.8, 4) is 17.1 Å². The van der Waals surface area contributed by atoms with Gasteiger partial charge in [0.2, 0.25) is 17.7 Å². The van der Waals surface area contributed by atoms with Gasteiger partial charge in [0, 0.05) is 76.2 Å². The molecule has 0 bridgehead atoms. The molecule has 0 radical (unpaired) electrons. The summed E-state index contributed by atoms with van der Waals surface area (Å²) in [6.45, 7) is 7.09. The number of benzene rings is 2. The number of H-pyrrole nitrogens is 1. The molecule has 2 amide bonds. The number of hydrogen-bond donors (Lipinski definition) is 3. The summed E-state index contributed by atoms with van der Waals surface area (Å²) < 4.78 is 15.9. The van der Waals surface area contributed by atoms with E-state index in [1.165, 1.54) is 16.9 Å². The standard InChI is InChI=1S/C38H47N9O5/c1-27(41-25-45(2)39)28-7-9-29(10-8-28)30-15-18-47(19-16-30)37(49)24-46(26-51-4)17-5-6-35(48)42-32-12-13-34-33(22-32)38(44-43-34)31-11-14-36(40-23-31)52-21-20-50-3/h7-15,22-23,25H,1,5-6,16-21,24,26,39H2,2-4H3,(H,42,48)(H,43,44). The Bertz CT molecular complexity index is 1870. The van der Waals surface area contributed by atoms with Crippen molar-refractivity contribution < 1.29 is 23.8 Å². The van der Waals surface area contributed by atoms with Crippen LogP contribution in [0.25, 0.3) is 33.4 Å². The number of anilines is 1. The second-order valence-corrected chi connectivity index (χ2v) is 12.4. The Kier molecular flexibility index (Phi) is 13.6. The van der Waals surface area contributed by atoms with Crippen LogP contribution in [0.4, 0.5) is 5.69 Å². The third kappa shape index (κ3) is 10.6. The maximum atomic E-state index is 13.2. The molecule has 0 fully saturated rings. The number of aliphatic imine (C=N–C) groups is 1. The number of rotatable bonds is 18. The molecule has 4 aromatic rings. The highest BCUT2D eigenvalue weighted by atomic mass is 16.5. The van der Waals surface area contributed by atoms with Gasteiger partial charge < -0.3 is 29.4 Å². The predicted molar refractivity (Wildman–Crippen MR) is 203 cm³/mol. The van der Waals surface area contributed by atoms with Gasteiger partial charge >= 0.3 is 0 Å². The van der Waals surface area contributed by atoms with E-state index >= 15 is 0 Å². The van der Waals surface area contributed by atoms with E-state index in [9.17, 15) is 9.59 Å². The Morgan fingerprint density at radius 3 is 2.60 bits per heavy atom. The number of aromatic amines is 1. The number of aromatic nitrogens is 3. The molecule has 0 saturated carbocycles. The van der Waals surface area contributed by atoms with E-state index < -0.39 is 0 Å². The van der Waals surface area contributed by atoms with Crippen LogP contribution in [-0.2, 0) is 19.1 Å².